The van der Waals surface area contributed by atoms with Crippen molar-refractivity contribution in [3.8, 4) is 5.75 Å². The van der Waals surface area contributed by atoms with E-state index in [1.165, 1.54) is 4.57 Å². The van der Waals surface area contributed by atoms with E-state index in [1.807, 2.05) is 0 Å². The van der Waals surface area contributed by atoms with Gasteiger partial charge in [0.2, 0.25) is 0 Å². The Morgan fingerprint density at radius 1 is 1.26 bits per heavy atom. The van der Waals surface area contributed by atoms with E-state index in [4.69, 9.17) is 20.8 Å². The molecule has 0 spiro atoms. The van der Waals surface area contributed by atoms with Crippen LogP contribution >= 0.6 is 11.6 Å². The van der Waals surface area contributed by atoms with Crippen molar-refractivity contribution >= 4 is 28.5 Å². The molecule has 0 radical (unpaired) electrons. The van der Waals surface area contributed by atoms with E-state index in [0.29, 0.717) is 33.0 Å². The van der Waals surface area contributed by atoms with Crippen molar-refractivity contribution in [1.29, 1.82) is 0 Å². The number of halogens is 1. The highest BCUT2D eigenvalue weighted by Crippen LogP contribution is 2.24. The van der Waals surface area contributed by atoms with Crippen LogP contribution in [0.2, 0.25) is 5.02 Å². The van der Waals surface area contributed by atoms with Crippen LogP contribution in [0.1, 0.15) is 15.9 Å². The van der Waals surface area contributed by atoms with Gasteiger partial charge in [-0.05, 0) is 42.0 Å². The molecule has 1 aromatic heterocycles. The van der Waals surface area contributed by atoms with Gasteiger partial charge in [-0.2, -0.15) is 0 Å². The van der Waals surface area contributed by atoms with Gasteiger partial charge in [0.1, 0.15) is 5.75 Å². The third kappa shape index (κ3) is 2.87. The van der Waals surface area contributed by atoms with Crippen molar-refractivity contribution in [3.63, 3.8) is 0 Å². The average Bonchev–Trinajstić information content (AvgIpc) is 2.83. The normalized spacial score (nSPS) is 10.9. The van der Waals surface area contributed by atoms with E-state index in [9.17, 15) is 9.59 Å². The quantitative estimate of drug-likeness (QED) is 0.689. The summed E-state index contributed by atoms with van der Waals surface area (Å²) in [6.07, 6.45) is 0.146. The van der Waals surface area contributed by atoms with Gasteiger partial charge in [0.05, 0.1) is 12.6 Å². The van der Waals surface area contributed by atoms with Gasteiger partial charge in [0.15, 0.2) is 11.4 Å². The van der Waals surface area contributed by atoms with Crippen LogP contribution in [0, 0.1) is 0 Å². The van der Waals surface area contributed by atoms with Crippen LogP contribution in [0.4, 0.5) is 0 Å². The summed E-state index contributed by atoms with van der Waals surface area (Å²) < 4.78 is 11.6. The Labute approximate surface area is 137 Å². The first-order valence-corrected chi connectivity index (χ1v) is 7.32. The molecule has 0 aliphatic rings. The van der Waals surface area contributed by atoms with E-state index in [0.717, 1.165) is 0 Å². The molecular weight excluding hydrogens is 318 g/mol. The summed E-state index contributed by atoms with van der Waals surface area (Å²) in [5.41, 5.74) is 2.22. The molecule has 23 heavy (non-hydrogen) atoms. The van der Waals surface area contributed by atoms with Crippen LogP contribution in [-0.2, 0) is 13.5 Å². The lowest BCUT2D eigenvalue weighted by molar-refractivity contribution is 0.0993. The smallest absolute Gasteiger partial charge is 0.419 e. The van der Waals surface area contributed by atoms with Crippen molar-refractivity contribution < 1.29 is 13.9 Å². The van der Waals surface area contributed by atoms with E-state index < -0.39 is 5.76 Å². The predicted octanol–water partition coefficient (Wildman–Crippen LogP) is 3.22. The molecule has 3 rings (SSSR count). The number of hydrogen-bond donors (Lipinski definition) is 0. The number of ether oxygens (including phenoxy) is 1. The molecule has 0 unspecified atom stereocenters. The fourth-order valence-corrected chi connectivity index (χ4v) is 2.57. The number of carbonyl (C=O) groups excluding carboxylic acids is 1. The maximum Gasteiger partial charge on any atom is 0.419 e. The summed E-state index contributed by atoms with van der Waals surface area (Å²) in [5.74, 6) is 0.0843. The minimum absolute atomic E-state index is 0.101. The lowest BCUT2D eigenvalue weighted by atomic mass is 10.0. The average molecular weight is 332 g/mol. The Morgan fingerprint density at radius 2 is 2.04 bits per heavy atom. The summed E-state index contributed by atoms with van der Waals surface area (Å²) in [6.45, 7) is 0. The Balaban J connectivity index is 1.94. The van der Waals surface area contributed by atoms with Crippen LogP contribution in [0.3, 0.4) is 0 Å². The Kier molecular flexibility index (Phi) is 3.96. The largest absolute Gasteiger partial charge is 0.497 e. The first-order chi connectivity index (χ1) is 11.0. The van der Waals surface area contributed by atoms with Crippen molar-refractivity contribution in [2.75, 3.05) is 7.11 Å². The lowest BCUT2D eigenvalue weighted by Gasteiger charge is -2.07. The fourth-order valence-electron chi connectivity index (χ4n) is 2.39. The standard InChI is InChI=1S/C17H14ClNO4/c1-19-14-8-10(3-6-16(14)23-17(19)21)15(20)9-11-7-12(22-2)4-5-13(11)18/h3-8H,9H2,1-2H3. The van der Waals surface area contributed by atoms with Crippen molar-refractivity contribution in [3.05, 3.63) is 63.1 Å². The molecule has 0 bridgehead atoms. The number of nitrogens with zero attached hydrogens (tertiary/aromatic N) is 1. The molecule has 0 saturated carbocycles. The number of oxazole rings is 1. The second kappa shape index (κ2) is 5.93. The molecule has 3 aromatic rings. The second-order valence-corrected chi connectivity index (χ2v) is 5.57. The van der Waals surface area contributed by atoms with E-state index in [-0.39, 0.29) is 12.2 Å². The van der Waals surface area contributed by atoms with Crippen LogP contribution in [0.25, 0.3) is 11.1 Å². The van der Waals surface area contributed by atoms with Crippen LogP contribution in [0.15, 0.2) is 45.6 Å². The highest BCUT2D eigenvalue weighted by molar-refractivity contribution is 6.31. The molecule has 118 valence electrons. The third-order valence-corrected chi connectivity index (χ3v) is 4.09. The predicted molar refractivity (Wildman–Crippen MR) is 87.5 cm³/mol. The van der Waals surface area contributed by atoms with Gasteiger partial charge in [-0.1, -0.05) is 11.6 Å². The number of hydrogen-bond acceptors (Lipinski definition) is 4. The molecule has 0 aliphatic heterocycles. The number of aromatic nitrogens is 1. The van der Waals surface area contributed by atoms with Crippen LogP contribution in [0.5, 0.6) is 5.75 Å². The zero-order valence-corrected chi connectivity index (χ0v) is 13.4. The highest BCUT2D eigenvalue weighted by Gasteiger charge is 2.14. The molecule has 1 heterocycles. The summed E-state index contributed by atoms with van der Waals surface area (Å²) in [4.78, 5) is 24.0. The molecule has 5 nitrogen and oxygen atoms in total. The highest BCUT2D eigenvalue weighted by atomic mass is 35.5. The van der Waals surface area contributed by atoms with Crippen LogP contribution in [-0.4, -0.2) is 17.5 Å². The number of rotatable bonds is 4. The Morgan fingerprint density at radius 3 is 2.78 bits per heavy atom. The first-order valence-electron chi connectivity index (χ1n) is 6.95. The molecule has 6 heteroatoms. The molecule has 0 saturated heterocycles. The van der Waals surface area contributed by atoms with Gasteiger partial charge in [0, 0.05) is 24.1 Å². The molecular formula is C17H14ClNO4. The minimum Gasteiger partial charge on any atom is -0.497 e. The minimum atomic E-state index is -0.458. The lowest BCUT2D eigenvalue weighted by Crippen LogP contribution is -2.09. The van der Waals surface area contributed by atoms with Crippen molar-refractivity contribution in [1.82, 2.24) is 4.57 Å². The van der Waals surface area contributed by atoms with E-state index in [1.54, 1.807) is 50.6 Å². The summed E-state index contributed by atoms with van der Waals surface area (Å²) in [6, 6.07) is 10.1. The van der Waals surface area contributed by atoms with E-state index in [2.05, 4.69) is 0 Å². The molecule has 0 aliphatic carbocycles. The number of methoxy groups -OCH3 is 1. The third-order valence-electron chi connectivity index (χ3n) is 3.72. The zero-order chi connectivity index (χ0) is 16.6. The van der Waals surface area contributed by atoms with Crippen molar-refractivity contribution in [2.45, 2.75) is 6.42 Å². The topological polar surface area (TPSA) is 61.4 Å². The second-order valence-electron chi connectivity index (χ2n) is 5.17. The number of ketones is 1. The molecule has 2 aromatic carbocycles. The van der Waals surface area contributed by atoms with Gasteiger partial charge >= 0.3 is 5.76 Å². The van der Waals surface area contributed by atoms with E-state index >= 15 is 0 Å². The van der Waals surface area contributed by atoms with Crippen LogP contribution < -0.4 is 10.5 Å². The summed E-state index contributed by atoms with van der Waals surface area (Å²) >= 11 is 6.14. The van der Waals surface area contributed by atoms with Gasteiger partial charge in [0.25, 0.3) is 0 Å². The monoisotopic (exact) mass is 331 g/mol. The Hall–Kier alpha value is -2.53. The molecule has 0 N–H and O–H groups in total. The van der Waals surface area contributed by atoms with Gasteiger partial charge < -0.3 is 9.15 Å². The number of carbonyl (C=O) groups is 1. The van der Waals surface area contributed by atoms with Gasteiger partial charge in [-0.25, -0.2) is 4.79 Å². The summed E-state index contributed by atoms with van der Waals surface area (Å²) in [5, 5.41) is 0.510. The number of benzene rings is 2. The van der Waals surface area contributed by atoms with Gasteiger partial charge in [-0.15, -0.1) is 0 Å². The zero-order valence-electron chi connectivity index (χ0n) is 12.6. The summed E-state index contributed by atoms with van der Waals surface area (Å²) in [7, 11) is 3.16. The number of Topliss-reactive ketones (excluding diaryl/α,β-unsaturated/α-hetero) is 1. The molecule has 0 amide bonds. The first kappa shape index (κ1) is 15.4. The molecule has 0 atom stereocenters. The van der Waals surface area contributed by atoms with Gasteiger partial charge in [-0.3, -0.25) is 9.36 Å². The fraction of sp³-hybridized carbons (Fsp3) is 0.176. The molecule has 0 fully saturated rings. The number of aryl methyl sites for hydroxylation is 1. The number of fused-ring (bicyclic) bond motifs is 1. The SMILES string of the molecule is COc1ccc(Cl)c(CC(=O)c2ccc3oc(=O)n(C)c3c2)c1. The maximum absolute atomic E-state index is 12.5. The van der Waals surface area contributed by atoms with Crippen molar-refractivity contribution in [2.24, 2.45) is 7.05 Å². The Bertz CT molecular complexity index is 955. The maximum atomic E-state index is 12.5.